The standard InChI is InChI=1S/C13H14FN3O/c1-9-11(7-15-16-9)13(18)17(2)8-10-5-3-4-6-12(10)14/h3-7H,8H2,1-2H3,(H,15,16). The number of hydrogen-bond donors (Lipinski definition) is 1. The van der Waals surface area contributed by atoms with Crippen molar-refractivity contribution < 1.29 is 9.18 Å². The largest absolute Gasteiger partial charge is 0.337 e. The highest BCUT2D eigenvalue weighted by Crippen LogP contribution is 2.12. The lowest BCUT2D eigenvalue weighted by atomic mass is 10.2. The van der Waals surface area contributed by atoms with Crippen LogP contribution in [0.1, 0.15) is 21.6 Å². The second-order valence-electron chi connectivity index (χ2n) is 4.16. The van der Waals surface area contributed by atoms with Gasteiger partial charge >= 0.3 is 0 Å². The van der Waals surface area contributed by atoms with Gasteiger partial charge in [-0.05, 0) is 13.0 Å². The summed E-state index contributed by atoms with van der Waals surface area (Å²) in [6.07, 6.45) is 1.48. The quantitative estimate of drug-likeness (QED) is 0.903. The summed E-state index contributed by atoms with van der Waals surface area (Å²) in [7, 11) is 1.64. The maximum Gasteiger partial charge on any atom is 0.257 e. The van der Waals surface area contributed by atoms with E-state index in [1.54, 1.807) is 32.2 Å². The number of H-pyrrole nitrogens is 1. The van der Waals surface area contributed by atoms with E-state index in [0.717, 1.165) is 0 Å². The first-order valence-corrected chi connectivity index (χ1v) is 5.58. The van der Waals surface area contributed by atoms with Crippen LogP contribution in [0.2, 0.25) is 0 Å². The number of benzene rings is 1. The fourth-order valence-corrected chi connectivity index (χ4v) is 1.73. The van der Waals surface area contributed by atoms with Crippen LogP contribution in [0.5, 0.6) is 0 Å². The summed E-state index contributed by atoms with van der Waals surface area (Å²) in [6, 6.07) is 6.43. The van der Waals surface area contributed by atoms with Gasteiger partial charge in [-0.15, -0.1) is 0 Å². The lowest BCUT2D eigenvalue weighted by Crippen LogP contribution is -2.26. The van der Waals surface area contributed by atoms with Crippen molar-refractivity contribution in [1.29, 1.82) is 0 Å². The highest BCUT2D eigenvalue weighted by Gasteiger charge is 2.16. The van der Waals surface area contributed by atoms with Gasteiger partial charge in [0.15, 0.2) is 0 Å². The molecule has 1 N–H and O–H groups in total. The zero-order valence-corrected chi connectivity index (χ0v) is 10.3. The van der Waals surface area contributed by atoms with Crippen molar-refractivity contribution in [3.8, 4) is 0 Å². The van der Waals surface area contributed by atoms with E-state index in [2.05, 4.69) is 10.2 Å². The molecule has 0 aliphatic heterocycles. The van der Waals surface area contributed by atoms with Crippen LogP contribution in [0.4, 0.5) is 4.39 Å². The van der Waals surface area contributed by atoms with Crippen molar-refractivity contribution >= 4 is 5.91 Å². The molecular weight excluding hydrogens is 233 g/mol. The summed E-state index contributed by atoms with van der Waals surface area (Å²) in [5.41, 5.74) is 1.71. The van der Waals surface area contributed by atoms with Crippen LogP contribution < -0.4 is 0 Å². The van der Waals surface area contributed by atoms with Crippen molar-refractivity contribution in [3.05, 3.63) is 53.1 Å². The smallest absolute Gasteiger partial charge is 0.257 e. The summed E-state index contributed by atoms with van der Waals surface area (Å²) in [5, 5.41) is 6.51. The molecule has 0 saturated heterocycles. The molecule has 1 heterocycles. The Balaban J connectivity index is 2.14. The predicted molar refractivity (Wildman–Crippen MR) is 65.5 cm³/mol. The summed E-state index contributed by atoms with van der Waals surface area (Å²) >= 11 is 0. The molecule has 1 aromatic heterocycles. The highest BCUT2D eigenvalue weighted by molar-refractivity contribution is 5.94. The van der Waals surface area contributed by atoms with Gasteiger partial charge in [-0.25, -0.2) is 4.39 Å². The lowest BCUT2D eigenvalue weighted by molar-refractivity contribution is 0.0783. The zero-order chi connectivity index (χ0) is 13.1. The van der Waals surface area contributed by atoms with Gasteiger partial charge in [0.1, 0.15) is 5.82 Å². The van der Waals surface area contributed by atoms with Crippen LogP contribution in [0.3, 0.4) is 0 Å². The Labute approximate surface area is 104 Å². The molecule has 0 aliphatic carbocycles. The molecule has 18 heavy (non-hydrogen) atoms. The number of aryl methyl sites for hydroxylation is 1. The number of carbonyl (C=O) groups is 1. The van der Waals surface area contributed by atoms with Crippen LogP contribution in [0, 0.1) is 12.7 Å². The topological polar surface area (TPSA) is 49.0 Å². The number of nitrogens with one attached hydrogen (secondary N) is 1. The first-order valence-electron chi connectivity index (χ1n) is 5.58. The maximum atomic E-state index is 13.5. The average Bonchev–Trinajstić information content (AvgIpc) is 2.77. The molecule has 0 radical (unpaired) electrons. The van der Waals surface area contributed by atoms with E-state index < -0.39 is 0 Å². The third-order valence-corrected chi connectivity index (χ3v) is 2.77. The Hall–Kier alpha value is -2.17. The molecule has 2 rings (SSSR count). The molecule has 1 aromatic carbocycles. The molecule has 2 aromatic rings. The molecule has 94 valence electrons. The number of aromatic nitrogens is 2. The lowest BCUT2D eigenvalue weighted by Gasteiger charge is -2.17. The number of halogens is 1. The molecule has 0 spiro atoms. The third kappa shape index (κ3) is 2.40. The molecule has 1 amide bonds. The minimum absolute atomic E-state index is 0.176. The Kier molecular flexibility index (Phi) is 3.41. The molecule has 0 unspecified atom stereocenters. The van der Waals surface area contributed by atoms with Gasteiger partial charge in [-0.1, -0.05) is 18.2 Å². The van der Waals surface area contributed by atoms with Gasteiger partial charge < -0.3 is 4.90 Å². The first-order chi connectivity index (χ1) is 8.59. The van der Waals surface area contributed by atoms with Gasteiger partial charge in [0.25, 0.3) is 5.91 Å². The fraction of sp³-hybridized carbons (Fsp3) is 0.231. The molecule has 4 nitrogen and oxygen atoms in total. The van der Waals surface area contributed by atoms with E-state index in [1.165, 1.54) is 17.2 Å². The van der Waals surface area contributed by atoms with Gasteiger partial charge in [0, 0.05) is 24.8 Å². The van der Waals surface area contributed by atoms with E-state index >= 15 is 0 Å². The number of amides is 1. The minimum atomic E-state index is -0.305. The van der Waals surface area contributed by atoms with E-state index in [1.807, 2.05) is 0 Å². The normalized spacial score (nSPS) is 10.4. The first kappa shape index (κ1) is 12.3. The van der Waals surface area contributed by atoms with Crippen LogP contribution in [-0.4, -0.2) is 28.1 Å². The number of rotatable bonds is 3. The summed E-state index contributed by atoms with van der Waals surface area (Å²) in [4.78, 5) is 13.6. The number of aromatic amines is 1. The molecule has 0 bridgehead atoms. The average molecular weight is 247 g/mol. The minimum Gasteiger partial charge on any atom is -0.337 e. The summed E-state index contributed by atoms with van der Waals surface area (Å²) < 4.78 is 13.5. The van der Waals surface area contributed by atoms with Gasteiger partial charge in [-0.3, -0.25) is 9.89 Å². The Morgan fingerprint density at radius 1 is 1.44 bits per heavy atom. The second kappa shape index (κ2) is 5.00. The molecule has 0 fully saturated rings. The third-order valence-electron chi connectivity index (χ3n) is 2.77. The van der Waals surface area contributed by atoms with Gasteiger partial charge in [0.05, 0.1) is 11.8 Å². The highest BCUT2D eigenvalue weighted by atomic mass is 19.1. The van der Waals surface area contributed by atoms with E-state index in [4.69, 9.17) is 0 Å². The van der Waals surface area contributed by atoms with Gasteiger partial charge in [0.2, 0.25) is 0 Å². The second-order valence-corrected chi connectivity index (χ2v) is 4.16. The van der Waals surface area contributed by atoms with Crippen LogP contribution in [-0.2, 0) is 6.54 Å². The summed E-state index contributed by atoms with van der Waals surface area (Å²) in [5.74, 6) is -0.481. The predicted octanol–water partition coefficient (Wildman–Crippen LogP) is 2.13. The van der Waals surface area contributed by atoms with E-state index in [9.17, 15) is 9.18 Å². The molecule has 0 saturated carbocycles. The van der Waals surface area contributed by atoms with Crippen molar-refractivity contribution in [2.45, 2.75) is 13.5 Å². The Bertz CT molecular complexity index is 565. The molecule has 0 atom stereocenters. The van der Waals surface area contributed by atoms with E-state index in [-0.39, 0.29) is 18.3 Å². The van der Waals surface area contributed by atoms with Crippen LogP contribution in [0.25, 0.3) is 0 Å². The van der Waals surface area contributed by atoms with Crippen LogP contribution in [0.15, 0.2) is 30.5 Å². The summed E-state index contributed by atoms with van der Waals surface area (Å²) in [6.45, 7) is 2.01. The SMILES string of the molecule is Cc1[nH]ncc1C(=O)N(C)Cc1ccccc1F. The van der Waals surface area contributed by atoms with Crippen LogP contribution >= 0.6 is 0 Å². The van der Waals surface area contributed by atoms with Crippen molar-refractivity contribution in [1.82, 2.24) is 15.1 Å². The fourth-order valence-electron chi connectivity index (χ4n) is 1.73. The van der Waals surface area contributed by atoms with E-state index in [0.29, 0.717) is 16.8 Å². The number of nitrogens with zero attached hydrogens (tertiary/aromatic N) is 2. The molecule has 5 heteroatoms. The van der Waals surface area contributed by atoms with Crippen molar-refractivity contribution in [3.63, 3.8) is 0 Å². The molecular formula is C13H14FN3O. The number of carbonyl (C=O) groups excluding carboxylic acids is 1. The van der Waals surface area contributed by atoms with Gasteiger partial charge in [-0.2, -0.15) is 5.10 Å². The molecule has 0 aliphatic rings. The number of hydrogen-bond acceptors (Lipinski definition) is 2. The maximum absolute atomic E-state index is 13.5. The Morgan fingerprint density at radius 2 is 2.17 bits per heavy atom. The van der Waals surface area contributed by atoms with Crippen molar-refractivity contribution in [2.24, 2.45) is 0 Å². The zero-order valence-electron chi connectivity index (χ0n) is 10.3. The monoisotopic (exact) mass is 247 g/mol. The van der Waals surface area contributed by atoms with Crippen molar-refractivity contribution in [2.75, 3.05) is 7.05 Å². The Morgan fingerprint density at radius 3 is 2.78 bits per heavy atom.